The number of benzene rings is 1. The number of hydrogen-bond donors (Lipinski definition) is 1. The van der Waals surface area contributed by atoms with Gasteiger partial charge < -0.3 is 10.5 Å². The van der Waals surface area contributed by atoms with Crippen LogP contribution in [0.15, 0.2) is 24.3 Å². The lowest BCUT2D eigenvalue weighted by atomic mass is 10.0. The minimum atomic E-state index is 0.470. The maximum absolute atomic E-state index is 5.96. The van der Waals surface area contributed by atoms with E-state index in [-0.39, 0.29) is 0 Å². The predicted molar refractivity (Wildman–Crippen MR) is 90.7 cm³/mol. The maximum atomic E-state index is 5.96. The van der Waals surface area contributed by atoms with Crippen LogP contribution in [0.5, 0.6) is 5.75 Å². The molecular weight excluding hydrogens is 260 g/mol. The van der Waals surface area contributed by atoms with E-state index in [0.717, 1.165) is 18.8 Å². The molecule has 1 aromatic rings. The van der Waals surface area contributed by atoms with Crippen LogP contribution in [-0.2, 0) is 6.54 Å². The monoisotopic (exact) mass is 292 g/mol. The summed E-state index contributed by atoms with van der Waals surface area (Å²) in [5.74, 6) is 0.921. The molecule has 1 atom stereocenters. The molecule has 0 fully saturated rings. The van der Waals surface area contributed by atoms with E-state index in [1.807, 2.05) is 12.1 Å². The van der Waals surface area contributed by atoms with Gasteiger partial charge in [0.15, 0.2) is 0 Å². The summed E-state index contributed by atoms with van der Waals surface area (Å²) in [5.41, 5.74) is 7.24. The lowest BCUT2D eigenvalue weighted by Crippen LogP contribution is -2.37. The second kappa shape index (κ2) is 10.6. The molecule has 0 aliphatic heterocycles. The molecule has 0 amide bonds. The molecule has 1 unspecified atom stereocenters. The first-order valence-electron chi connectivity index (χ1n) is 8.24. The molecule has 0 radical (unpaired) electrons. The minimum absolute atomic E-state index is 0.470. The largest absolute Gasteiger partial charge is 0.497 e. The Labute approximate surface area is 130 Å². The SMILES string of the molecule is CCCCCCCC(CN)N(C)Cc1cccc(OC)c1. The van der Waals surface area contributed by atoms with Crippen LogP contribution in [0.25, 0.3) is 0 Å². The van der Waals surface area contributed by atoms with Gasteiger partial charge in [-0.15, -0.1) is 0 Å². The Balaban J connectivity index is 2.40. The zero-order valence-electron chi connectivity index (χ0n) is 14.0. The quantitative estimate of drug-likeness (QED) is 0.630. The molecule has 3 nitrogen and oxygen atoms in total. The van der Waals surface area contributed by atoms with Crippen molar-refractivity contribution in [3.05, 3.63) is 29.8 Å². The molecule has 3 heteroatoms. The lowest BCUT2D eigenvalue weighted by molar-refractivity contribution is 0.222. The van der Waals surface area contributed by atoms with Crippen molar-refractivity contribution < 1.29 is 4.74 Å². The molecule has 21 heavy (non-hydrogen) atoms. The summed E-state index contributed by atoms with van der Waals surface area (Å²) in [6.45, 7) is 3.91. The van der Waals surface area contributed by atoms with Crippen LogP contribution in [-0.4, -0.2) is 31.6 Å². The topological polar surface area (TPSA) is 38.5 Å². The number of nitrogens with two attached hydrogens (primary N) is 1. The highest BCUT2D eigenvalue weighted by molar-refractivity contribution is 5.28. The summed E-state index contributed by atoms with van der Waals surface area (Å²) in [7, 11) is 3.88. The fraction of sp³-hybridized carbons (Fsp3) is 0.667. The minimum Gasteiger partial charge on any atom is -0.497 e. The first kappa shape index (κ1) is 18.0. The highest BCUT2D eigenvalue weighted by Gasteiger charge is 2.13. The third-order valence-corrected chi connectivity index (χ3v) is 4.10. The Morgan fingerprint density at radius 3 is 2.62 bits per heavy atom. The van der Waals surface area contributed by atoms with E-state index in [0.29, 0.717) is 6.04 Å². The van der Waals surface area contributed by atoms with E-state index in [1.165, 1.54) is 44.1 Å². The molecule has 0 bridgehead atoms. The molecule has 0 saturated heterocycles. The van der Waals surface area contributed by atoms with Crippen LogP contribution < -0.4 is 10.5 Å². The Bertz CT molecular complexity index is 381. The molecule has 2 N–H and O–H groups in total. The Morgan fingerprint density at radius 2 is 1.95 bits per heavy atom. The molecule has 120 valence electrons. The van der Waals surface area contributed by atoms with Gasteiger partial charge in [0.25, 0.3) is 0 Å². The van der Waals surface area contributed by atoms with Gasteiger partial charge in [-0.1, -0.05) is 51.2 Å². The van der Waals surface area contributed by atoms with Gasteiger partial charge in [0.2, 0.25) is 0 Å². The summed E-state index contributed by atoms with van der Waals surface area (Å²) in [4.78, 5) is 2.37. The summed E-state index contributed by atoms with van der Waals surface area (Å²) < 4.78 is 5.28. The molecule has 0 spiro atoms. The van der Waals surface area contributed by atoms with Crippen molar-refractivity contribution in [3.8, 4) is 5.75 Å². The molecule has 1 rings (SSSR count). The Hall–Kier alpha value is -1.06. The van der Waals surface area contributed by atoms with Crippen LogP contribution >= 0.6 is 0 Å². The van der Waals surface area contributed by atoms with E-state index in [9.17, 15) is 0 Å². The standard InChI is InChI=1S/C18H32N2O/c1-4-5-6-7-8-11-17(14-19)20(2)15-16-10-9-12-18(13-16)21-3/h9-10,12-13,17H,4-8,11,14-15,19H2,1-3H3. The molecule has 0 heterocycles. The van der Waals surface area contributed by atoms with Gasteiger partial charge in [-0.2, -0.15) is 0 Å². The zero-order chi connectivity index (χ0) is 15.5. The van der Waals surface area contributed by atoms with Crippen molar-refractivity contribution in [3.63, 3.8) is 0 Å². The fourth-order valence-electron chi connectivity index (χ4n) is 2.69. The van der Waals surface area contributed by atoms with Gasteiger partial charge in [0, 0.05) is 19.1 Å². The zero-order valence-corrected chi connectivity index (χ0v) is 14.0. The fourth-order valence-corrected chi connectivity index (χ4v) is 2.69. The van der Waals surface area contributed by atoms with Crippen LogP contribution in [0.2, 0.25) is 0 Å². The number of ether oxygens (including phenoxy) is 1. The molecule has 0 aromatic heterocycles. The Morgan fingerprint density at radius 1 is 1.19 bits per heavy atom. The van der Waals surface area contributed by atoms with Crippen LogP contribution in [0.3, 0.4) is 0 Å². The first-order chi connectivity index (χ1) is 10.2. The average molecular weight is 292 g/mol. The predicted octanol–water partition coefficient (Wildman–Crippen LogP) is 3.81. The summed E-state index contributed by atoms with van der Waals surface area (Å²) >= 11 is 0. The summed E-state index contributed by atoms with van der Waals surface area (Å²) in [6, 6.07) is 8.75. The summed E-state index contributed by atoms with van der Waals surface area (Å²) in [6.07, 6.45) is 7.82. The second-order valence-electron chi connectivity index (χ2n) is 5.86. The van der Waals surface area contributed by atoms with Crippen molar-refractivity contribution >= 4 is 0 Å². The van der Waals surface area contributed by atoms with Gasteiger partial charge in [0.05, 0.1) is 7.11 Å². The smallest absolute Gasteiger partial charge is 0.119 e. The van der Waals surface area contributed by atoms with E-state index in [2.05, 4.69) is 31.0 Å². The van der Waals surface area contributed by atoms with Crippen LogP contribution in [0.1, 0.15) is 51.0 Å². The van der Waals surface area contributed by atoms with Crippen molar-refractivity contribution in [2.24, 2.45) is 5.73 Å². The van der Waals surface area contributed by atoms with E-state index in [1.54, 1.807) is 7.11 Å². The van der Waals surface area contributed by atoms with E-state index in [4.69, 9.17) is 10.5 Å². The number of likely N-dealkylation sites (N-methyl/N-ethyl adjacent to an activating group) is 1. The highest BCUT2D eigenvalue weighted by atomic mass is 16.5. The van der Waals surface area contributed by atoms with Crippen molar-refractivity contribution in [1.29, 1.82) is 0 Å². The molecule has 0 aliphatic rings. The average Bonchev–Trinajstić information content (AvgIpc) is 2.51. The van der Waals surface area contributed by atoms with Crippen LogP contribution in [0.4, 0.5) is 0 Å². The van der Waals surface area contributed by atoms with Gasteiger partial charge in [-0.3, -0.25) is 4.90 Å². The van der Waals surface area contributed by atoms with Gasteiger partial charge in [-0.25, -0.2) is 0 Å². The molecular formula is C18H32N2O. The highest BCUT2D eigenvalue weighted by Crippen LogP contribution is 2.16. The van der Waals surface area contributed by atoms with Gasteiger partial charge in [-0.05, 0) is 31.2 Å². The number of unbranched alkanes of at least 4 members (excludes halogenated alkanes) is 4. The number of rotatable bonds is 11. The van der Waals surface area contributed by atoms with E-state index >= 15 is 0 Å². The first-order valence-corrected chi connectivity index (χ1v) is 8.24. The molecule has 0 saturated carbocycles. The second-order valence-corrected chi connectivity index (χ2v) is 5.86. The normalized spacial score (nSPS) is 12.6. The maximum Gasteiger partial charge on any atom is 0.119 e. The van der Waals surface area contributed by atoms with Crippen molar-refractivity contribution in [2.75, 3.05) is 20.7 Å². The number of methoxy groups -OCH3 is 1. The third kappa shape index (κ3) is 6.96. The van der Waals surface area contributed by atoms with E-state index < -0.39 is 0 Å². The lowest BCUT2D eigenvalue weighted by Gasteiger charge is -2.27. The van der Waals surface area contributed by atoms with Crippen molar-refractivity contribution in [1.82, 2.24) is 4.90 Å². The summed E-state index contributed by atoms with van der Waals surface area (Å²) in [5, 5.41) is 0. The number of nitrogens with zero attached hydrogens (tertiary/aromatic N) is 1. The molecule has 0 aliphatic carbocycles. The Kier molecular flexibility index (Phi) is 9.11. The van der Waals surface area contributed by atoms with Gasteiger partial charge in [0.1, 0.15) is 5.75 Å². The van der Waals surface area contributed by atoms with Crippen LogP contribution in [0, 0.1) is 0 Å². The van der Waals surface area contributed by atoms with Crippen molar-refractivity contribution in [2.45, 2.75) is 58.0 Å². The third-order valence-electron chi connectivity index (χ3n) is 4.10. The number of hydrogen-bond acceptors (Lipinski definition) is 3. The molecule has 1 aromatic carbocycles. The van der Waals surface area contributed by atoms with Gasteiger partial charge >= 0.3 is 0 Å².